The topological polar surface area (TPSA) is 95.1 Å². The van der Waals surface area contributed by atoms with E-state index in [4.69, 9.17) is 10.1 Å². The summed E-state index contributed by atoms with van der Waals surface area (Å²) in [5.41, 5.74) is 7.19. The Morgan fingerprint density at radius 1 is 1.11 bits per heavy atom. The Morgan fingerprint density at radius 2 is 1.95 bits per heavy atom. The summed E-state index contributed by atoms with van der Waals surface area (Å²) in [6.07, 6.45) is 12.1. The molecular weight excluding hydrogens is 464 g/mol. The third-order valence-electron chi connectivity index (χ3n) is 6.75. The average Bonchev–Trinajstić information content (AvgIpc) is 3.60. The van der Waals surface area contributed by atoms with Gasteiger partial charge in [0.25, 0.3) is 0 Å². The molecule has 0 amide bonds. The number of hydrogen-bond acceptors (Lipinski definition) is 7. The molecular formula is C29H32N6O2. The molecule has 5 rings (SSSR count). The zero-order valence-electron chi connectivity index (χ0n) is 21.1. The van der Waals surface area contributed by atoms with Crippen LogP contribution in [0.5, 0.6) is 0 Å². The molecule has 0 bridgehead atoms. The number of hydrogen-bond donors (Lipinski definition) is 2. The van der Waals surface area contributed by atoms with Crippen LogP contribution in [0.4, 0.5) is 17.2 Å². The van der Waals surface area contributed by atoms with Crippen LogP contribution in [0.2, 0.25) is 0 Å². The molecule has 3 heterocycles. The smallest absolute Gasteiger partial charge is 0.180 e. The number of unbranched alkanes of at least 4 members (excludes halogenated alkanes) is 3. The molecule has 2 N–H and O–H groups in total. The number of carbonyl (C=O) groups is 1. The zero-order chi connectivity index (χ0) is 25.6. The highest BCUT2D eigenvalue weighted by Crippen LogP contribution is 2.28. The molecule has 37 heavy (non-hydrogen) atoms. The Labute approximate surface area is 216 Å². The SMILES string of the molecule is CN(CCCCCCC(=O)CO)c1ccc(Nc2nc(-c3ccc4c(c3)CN=C4)cn3ccnc23)cc1. The molecule has 0 aliphatic carbocycles. The van der Waals surface area contributed by atoms with Gasteiger partial charge in [-0.3, -0.25) is 9.79 Å². The quantitative estimate of drug-likeness (QED) is 0.268. The van der Waals surface area contributed by atoms with E-state index in [1.165, 1.54) is 11.1 Å². The fourth-order valence-corrected chi connectivity index (χ4v) is 4.59. The predicted molar refractivity (Wildman–Crippen MR) is 148 cm³/mol. The van der Waals surface area contributed by atoms with Gasteiger partial charge in [0.1, 0.15) is 6.61 Å². The molecule has 0 radical (unpaired) electrons. The Balaban J connectivity index is 1.23. The van der Waals surface area contributed by atoms with Crippen LogP contribution < -0.4 is 10.2 Å². The van der Waals surface area contributed by atoms with Crippen molar-refractivity contribution in [3.05, 3.63) is 72.2 Å². The van der Waals surface area contributed by atoms with Gasteiger partial charge in [-0.25, -0.2) is 9.97 Å². The minimum absolute atomic E-state index is 0.0699. The van der Waals surface area contributed by atoms with Crippen molar-refractivity contribution < 1.29 is 9.90 Å². The normalized spacial score (nSPS) is 12.2. The molecule has 0 unspecified atom stereocenters. The molecule has 2 aromatic carbocycles. The van der Waals surface area contributed by atoms with Crippen molar-refractivity contribution >= 4 is 34.8 Å². The third kappa shape index (κ3) is 5.86. The molecule has 2 aromatic heterocycles. The van der Waals surface area contributed by atoms with Gasteiger partial charge in [0.2, 0.25) is 0 Å². The fraction of sp³-hybridized carbons (Fsp3) is 0.310. The Bertz CT molecular complexity index is 1410. The number of rotatable bonds is 12. The second-order valence-electron chi connectivity index (χ2n) is 9.47. The second-order valence-corrected chi connectivity index (χ2v) is 9.47. The van der Waals surface area contributed by atoms with E-state index in [0.29, 0.717) is 18.8 Å². The number of Topliss-reactive ketones (excluding diaryl/α,β-unsaturated/α-hetero) is 1. The Hall–Kier alpha value is -4.04. The van der Waals surface area contributed by atoms with Crippen molar-refractivity contribution in [2.75, 3.05) is 30.4 Å². The van der Waals surface area contributed by atoms with Gasteiger partial charge in [0.05, 0.1) is 12.2 Å². The van der Waals surface area contributed by atoms with Crippen LogP contribution in [0.25, 0.3) is 16.9 Å². The lowest BCUT2D eigenvalue weighted by Crippen LogP contribution is -2.18. The lowest BCUT2D eigenvalue weighted by molar-refractivity contribution is -0.121. The minimum atomic E-state index is -0.341. The third-order valence-corrected chi connectivity index (χ3v) is 6.75. The number of benzene rings is 2. The van der Waals surface area contributed by atoms with Crippen LogP contribution in [-0.2, 0) is 11.3 Å². The van der Waals surface area contributed by atoms with Crippen molar-refractivity contribution in [3.63, 3.8) is 0 Å². The summed E-state index contributed by atoms with van der Waals surface area (Å²) >= 11 is 0. The van der Waals surface area contributed by atoms with Crippen molar-refractivity contribution in [3.8, 4) is 11.3 Å². The van der Waals surface area contributed by atoms with Crippen molar-refractivity contribution in [1.29, 1.82) is 0 Å². The molecule has 8 heteroatoms. The lowest BCUT2D eigenvalue weighted by atomic mass is 10.0. The molecule has 190 valence electrons. The van der Waals surface area contributed by atoms with Gasteiger partial charge in [-0.2, -0.15) is 0 Å². The zero-order valence-corrected chi connectivity index (χ0v) is 21.1. The molecule has 8 nitrogen and oxygen atoms in total. The van der Waals surface area contributed by atoms with E-state index in [0.717, 1.165) is 60.5 Å². The fourth-order valence-electron chi connectivity index (χ4n) is 4.59. The number of nitrogens with zero attached hydrogens (tertiary/aromatic N) is 5. The van der Waals surface area contributed by atoms with E-state index in [-0.39, 0.29) is 12.4 Å². The molecule has 4 aromatic rings. The molecule has 0 spiro atoms. The van der Waals surface area contributed by atoms with E-state index in [1.54, 1.807) is 6.20 Å². The first-order valence-corrected chi connectivity index (χ1v) is 12.8. The highest BCUT2D eigenvalue weighted by atomic mass is 16.3. The maximum atomic E-state index is 11.2. The summed E-state index contributed by atoms with van der Waals surface area (Å²) in [6, 6.07) is 14.7. The maximum absolute atomic E-state index is 11.2. The number of aliphatic hydroxyl groups excluding tert-OH is 1. The van der Waals surface area contributed by atoms with Gasteiger partial charge in [0, 0.05) is 61.8 Å². The number of fused-ring (bicyclic) bond motifs is 2. The van der Waals surface area contributed by atoms with E-state index in [2.05, 4.69) is 69.7 Å². The van der Waals surface area contributed by atoms with E-state index in [1.807, 2.05) is 23.0 Å². The average molecular weight is 497 g/mol. The van der Waals surface area contributed by atoms with Gasteiger partial charge in [-0.1, -0.05) is 25.0 Å². The summed E-state index contributed by atoms with van der Waals surface area (Å²) in [6.45, 7) is 1.32. The molecule has 1 aliphatic heterocycles. The summed E-state index contributed by atoms with van der Waals surface area (Å²) in [4.78, 5) is 27.2. The second kappa shape index (κ2) is 11.3. The predicted octanol–water partition coefficient (Wildman–Crippen LogP) is 5.02. The van der Waals surface area contributed by atoms with Gasteiger partial charge >= 0.3 is 0 Å². The van der Waals surface area contributed by atoms with Crippen LogP contribution in [0.3, 0.4) is 0 Å². The van der Waals surface area contributed by atoms with Crippen molar-refractivity contribution in [1.82, 2.24) is 14.4 Å². The summed E-state index contributed by atoms with van der Waals surface area (Å²) in [7, 11) is 2.10. The number of anilines is 3. The summed E-state index contributed by atoms with van der Waals surface area (Å²) in [5.74, 6) is 0.639. The molecule has 1 aliphatic rings. The lowest BCUT2D eigenvalue weighted by Gasteiger charge is -2.20. The van der Waals surface area contributed by atoms with Crippen LogP contribution in [0, 0.1) is 0 Å². The number of ketones is 1. The molecule has 0 atom stereocenters. The van der Waals surface area contributed by atoms with Crippen LogP contribution in [-0.4, -0.2) is 51.7 Å². The standard InChI is InChI=1S/C29H32N6O2/c1-34(14-5-3-2-4-6-26(37)20-36)25-11-9-24(10-12-25)32-28-29-31-13-15-35(29)19-27(33-28)21-7-8-22-17-30-18-23(22)16-21/h7-13,15-17,19,36H,2-6,14,18,20H2,1H3,(H,32,33). The van der Waals surface area contributed by atoms with Gasteiger partial charge in [-0.15, -0.1) is 0 Å². The highest BCUT2D eigenvalue weighted by molar-refractivity contribution is 5.86. The van der Waals surface area contributed by atoms with Gasteiger partial charge < -0.3 is 19.7 Å². The minimum Gasteiger partial charge on any atom is -0.389 e. The first kappa shape index (κ1) is 24.6. The van der Waals surface area contributed by atoms with Crippen LogP contribution in [0.1, 0.15) is 43.2 Å². The first-order chi connectivity index (χ1) is 18.1. The Morgan fingerprint density at radius 3 is 2.78 bits per heavy atom. The summed E-state index contributed by atoms with van der Waals surface area (Å²) < 4.78 is 2.00. The summed E-state index contributed by atoms with van der Waals surface area (Å²) in [5, 5.41) is 12.2. The molecule has 0 saturated heterocycles. The van der Waals surface area contributed by atoms with Gasteiger partial charge in [0.15, 0.2) is 17.2 Å². The van der Waals surface area contributed by atoms with E-state index < -0.39 is 0 Å². The van der Waals surface area contributed by atoms with Crippen molar-refractivity contribution in [2.45, 2.75) is 38.6 Å². The van der Waals surface area contributed by atoms with Crippen LogP contribution in [0.15, 0.2) is 66.0 Å². The number of imidazole rings is 1. The maximum Gasteiger partial charge on any atom is 0.180 e. The molecule has 0 saturated carbocycles. The Kier molecular flexibility index (Phi) is 7.56. The number of nitrogens with one attached hydrogen (secondary N) is 1. The number of aromatic nitrogens is 3. The van der Waals surface area contributed by atoms with E-state index >= 15 is 0 Å². The highest BCUT2D eigenvalue weighted by Gasteiger charge is 2.13. The van der Waals surface area contributed by atoms with Crippen molar-refractivity contribution in [2.24, 2.45) is 4.99 Å². The van der Waals surface area contributed by atoms with E-state index in [9.17, 15) is 4.79 Å². The number of carbonyl (C=O) groups excluding carboxylic acids is 1. The first-order valence-electron chi connectivity index (χ1n) is 12.8. The van der Waals surface area contributed by atoms with Crippen LogP contribution >= 0.6 is 0 Å². The largest absolute Gasteiger partial charge is 0.389 e. The van der Waals surface area contributed by atoms with Gasteiger partial charge in [-0.05, 0) is 54.3 Å². The number of aliphatic hydroxyl groups is 1. The number of aliphatic imine (C=N–C) groups is 1. The molecule has 0 fully saturated rings. The monoisotopic (exact) mass is 496 g/mol.